The summed E-state index contributed by atoms with van der Waals surface area (Å²) in [5.41, 5.74) is 2.78. The van der Waals surface area contributed by atoms with Crippen molar-refractivity contribution in [2.75, 3.05) is 34.4 Å². The van der Waals surface area contributed by atoms with Crippen LogP contribution in [0.5, 0.6) is 17.2 Å². The number of aromatic nitrogens is 1. The Hall–Kier alpha value is -3.92. The Morgan fingerprint density at radius 1 is 1.06 bits per heavy atom. The molecule has 35 heavy (non-hydrogen) atoms. The molecule has 0 aliphatic carbocycles. The number of fused-ring (bicyclic) bond motifs is 1. The first-order valence-electron chi connectivity index (χ1n) is 10.8. The van der Waals surface area contributed by atoms with Crippen LogP contribution in [0.2, 0.25) is 0 Å². The molecule has 3 amide bonds. The molecule has 10 heteroatoms. The summed E-state index contributed by atoms with van der Waals surface area (Å²) in [7, 11) is 4.55. The Bertz CT molecular complexity index is 1330. The second-order valence-corrected chi connectivity index (χ2v) is 8.78. The van der Waals surface area contributed by atoms with E-state index in [1.807, 2.05) is 31.2 Å². The molecular formula is C25H25N3O6S. The molecule has 0 radical (unpaired) electrons. The van der Waals surface area contributed by atoms with Crippen molar-refractivity contribution in [3.05, 3.63) is 58.1 Å². The predicted molar refractivity (Wildman–Crippen MR) is 134 cm³/mol. The Balaban J connectivity index is 1.44. The highest BCUT2D eigenvalue weighted by Crippen LogP contribution is 2.41. The van der Waals surface area contributed by atoms with Gasteiger partial charge in [-0.3, -0.25) is 19.3 Å². The number of rotatable bonds is 8. The number of benzene rings is 2. The summed E-state index contributed by atoms with van der Waals surface area (Å²) in [6, 6.07) is 11.0. The highest BCUT2D eigenvalue weighted by molar-refractivity contribution is 8.18. The molecule has 4 rings (SSSR count). The zero-order chi connectivity index (χ0) is 25.1. The minimum atomic E-state index is -0.397. The van der Waals surface area contributed by atoms with Crippen LogP contribution in [-0.4, -0.2) is 61.4 Å². The van der Waals surface area contributed by atoms with Gasteiger partial charge in [-0.15, -0.1) is 0 Å². The van der Waals surface area contributed by atoms with Crippen LogP contribution < -0.4 is 19.5 Å². The molecule has 0 bridgehead atoms. The van der Waals surface area contributed by atoms with Gasteiger partial charge in [-0.25, -0.2) is 0 Å². The van der Waals surface area contributed by atoms with E-state index in [9.17, 15) is 14.4 Å². The molecule has 2 N–H and O–H groups in total. The van der Waals surface area contributed by atoms with Crippen LogP contribution in [0.25, 0.3) is 17.0 Å². The number of methoxy groups -OCH3 is 3. The summed E-state index contributed by atoms with van der Waals surface area (Å²) in [5, 5.41) is 3.03. The van der Waals surface area contributed by atoms with Crippen molar-refractivity contribution in [2.24, 2.45) is 0 Å². The van der Waals surface area contributed by atoms with E-state index < -0.39 is 5.91 Å². The van der Waals surface area contributed by atoms with Crippen LogP contribution in [-0.2, 0) is 4.79 Å². The molecule has 1 aromatic heterocycles. The van der Waals surface area contributed by atoms with E-state index >= 15 is 0 Å². The molecule has 2 aromatic carbocycles. The number of amides is 3. The molecule has 9 nitrogen and oxygen atoms in total. The maximum atomic E-state index is 12.8. The standard InChI is InChI=1S/C25H25N3O6S/c1-14-5-7-15(8-6-14)11-20-24(30)28(25(31)35-20)10-9-26-23(29)17-12-16-18(32-2)13-19(33-3)22(34-4)21(16)27-17/h5-8,11-13,27H,9-10H2,1-4H3,(H,26,29)/b20-11-. The van der Waals surface area contributed by atoms with Gasteiger partial charge in [0.05, 0.1) is 31.8 Å². The Labute approximate surface area is 206 Å². The van der Waals surface area contributed by atoms with Gasteiger partial charge in [0.25, 0.3) is 17.1 Å². The fraction of sp³-hybridized carbons (Fsp3) is 0.240. The van der Waals surface area contributed by atoms with Gasteiger partial charge in [0.2, 0.25) is 0 Å². The van der Waals surface area contributed by atoms with Gasteiger partial charge in [0.1, 0.15) is 11.4 Å². The number of aryl methyl sites for hydroxylation is 1. The second-order valence-electron chi connectivity index (χ2n) is 7.79. The SMILES string of the molecule is COc1cc(OC)c2cc(C(=O)NCCN3C(=O)S/C(=C\c4ccc(C)cc4)C3=O)[nH]c2c1OC. The lowest BCUT2D eigenvalue weighted by molar-refractivity contribution is -0.122. The lowest BCUT2D eigenvalue weighted by atomic mass is 10.1. The molecule has 1 aliphatic heterocycles. The van der Waals surface area contributed by atoms with Crippen LogP contribution in [0.4, 0.5) is 4.79 Å². The summed E-state index contributed by atoms with van der Waals surface area (Å²) in [4.78, 5) is 42.4. The molecule has 3 aromatic rings. The minimum absolute atomic E-state index is 0.0579. The molecule has 0 unspecified atom stereocenters. The van der Waals surface area contributed by atoms with Gasteiger partial charge in [-0.05, 0) is 36.4 Å². The fourth-order valence-electron chi connectivity index (χ4n) is 3.74. The Kier molecular flexibility index (Phi) is 7.02. The number of carbonyl (C=O) groups is 3. The van der Waals surface area contributed by atoms with E-state index in [0.717, 1.165) is 27.8 Å². The summed E-state index contributed by atoms with van der Waals surface area (Å²) in [6.07, 6.45) is 1.70. The third kappa shape index (κ3) is 4.83. The average Bonchev–Trinajstić information content (AvgIpc) is 3.41. The van der Waals surface area contributed by atoms with Crippen molar-refractivity contribution in [1.29, 1.82) is 0 Å². The molecule has 182 valence electrons. The molecule has 0 saturated carbocycles. The summed E-state index contributed by atoms with van der Waals surface area (Å²) >= 11 is 0.891. The Morgan fingerprint density at radius 3 is 2.43 bits per heavy atom. The molecule has 2 heterocycles. The molecule has 1 aliphatic rings. The minimum Gasteiger partial charge on any atom is -0.496 e. The highest BCUT2D eigenvalue weighted by atomic mass is 32.2. The van der Waals surface area contributed by atoms with Crippen molar-refractivity contribution in [2.45, 2.75) is 6.92 Å². The topological polar surface area (TPSA) is 110 Å². The van der Waals surface area contributed by atoms with Crippen LogP contribution in [0.1, 0.15) is 21.6 Å². The number of aromatic amines is 1. The van der Waals surface area contributed by atoms with Gasteiger partial charge in [0, 0.05) is 24.5 Å². The number of hydrogen-bond donors (Lipinski definition) is 2. The number of nitrogens with one attached hydrogen (secondary N) is 2. The van der Waals surface area contributed by atoms with E-state index in [1.54, 1.807) is 18.2 Å². The zero-order valence-corrected chi connectivity index (χ0v) is 20.6. The molecular weight excluding hydrogens is 470 g/mol. The third-order valence-electron chi connectivity index (χ3n) is 5.55. The number of imide groups is 1. The smallest absolute Gasteiger partial charge is 0.293 e. The van der Waals surface area contributed by atoms with Crippen molar-refractivity contribution >= 4 is 45.8 Å². The fourth-order valence-corrected chi connectivity index (χ4v) is 4.61. The molecule has 1 saturated heterocycles. The number of thioether (sulfide) groups is 1. The van der Waals surface area contributed by atoms with Gasteiger partial charge < -0.3 is 24.5 Å². The number of hydrogen-bond acceptors (Lipinski definition) is 7. The van der Waals surface area contributed by atoms with Crippen molar-refractivity contribution in [1.82, 2.24) is 15.2 Å². The van der Waals surface area contributed by atoms with Crippen LogP contribution >= 0.6 is 11.8 Å². The highest BCUT2D eigenvalue weighted by Gasteiger charge is 2.34. The number of nitrogens with zero attached hydrogens (tertiary/aromatic N) is 1. The first-order chi connectivity index (χ1) is 16.9. The van der Waals surface area contributed by atoms with Crippen molar-refractivity contribution < 1.29 is 28.6 Å². The van der Waals surface area contributed by atoms with E-state index in [1.165, 1.54) is 21.3 Å². The lowest BCUT2D eigenvalue weighted by Crippen LogP contribution is -2.37. The first kappa shape index (κ1) is 24.2. The average molecular weight is 496 g/mol. The lowest BCUT2D eigenvalue weighted by Gasteiger charge is -2.12. The number of H-pyrrole nitrogens is 1. The summed E-state index contributed by atoms with van der Waals surface area (Å²) in [6.45, 7) is 2.13. The number of ether oxygens (including phenoxy) is 3. The van der Waals surface area contributed by atoms with Crippen LogP contribution in [0.3, 0.4) is 0 Å². The first-order valence-corrected chi connectivity index (χ1v) is 11.6. The monoisotopic (exact) mass is 495 g/mol. The molecule has 0 spiro atoms. The summed E-state index contributed by atoms with van der Waals surface area (Å²) in [5.74, 6) is 0.656. The van der Waals surface area contributed by atoms with Crippen molar-refractivity contribution in [3.63, 3.8) is 0 Å². The van der Waals surface area contributed by atoms with E-state index in [0.29, 0.717) is 33.1 Å². The van der Waals surface area contributed by atoms with Gasteiger partial charge in [0.15, 0.2) is 11.5 Å². The van der Waals surface area contributed by atoms with Crippen LogP contribution in [0.15, 0.2) is 41.3 Å². The van der Waals surface area contributed by atoms with E-state index in [4.69, 9.17) is 14.2 Å². The van der Waals surface area contributed by atoms with E-state index in [-0.39, 0.29) is 29.9 Å². The summed E-state index contributed by atoms with van der Waals surface area (Å²) < 4.78 is 16.2. The quantitative estimate of drug-likeness (QED) is 0.455. The van der Waals surface area contributed by atoms with Gasteiger partial charge in [-0.1, -0.05) is 29.8 Å². The molecule has 0 atom stereocenters. The van der Waals surface area contributed by atoms with E-state index in [2.05, 4.69) is 10.3 Å². The largest absolute Gasteiger partial charge is 0.496 e. The number of carbonyl (C=O) groups excluding carboxylic acids is 3. The second kappa shape index (κ2) is 10.1. The normalized spacial score (nSPS) is 14.6. The Morgan fingerprint density at radius 2 is 1.77 bits per heavy atom. The zero-order valence-electron chi connectivity index (χ0n) is 19.8. The van der Waals surface area contributed by atoms with Gasteiger partial charge >= 0.3 is 0 Å². The maximum absolute atomic E-state index is 12.8. The molecule has 1 fully saturated rings. The van der Waals surface area contributed by atoms with Crippen molar-refractivity contribution in [3.8, 4) is 17.2 Å². The third-order valence-corrected chi connectivity index (χ3v) is 6.46. The predicted octanol–water partition coefficient (Wildman–Crippen LogP) is 3.97. The van der Waals surface area contributed by atoms with Gasteiger partial charge in [-0.2, -0.15) is 0 Å². The van der Waals surface area contributed by atoms with Crippen LogP contribution in [0, 0.1) is 6.92 Å². The maximum Gasteiger partial charge on any atom is 0.293 e.